The van der Waals surface area contributed by atoms with Crippen molar-refractivity contribution in [2.75, 3.05) is 38.0 Å². The fourth-order valence-electron chi connectivity index (χ4n) is 2.97. The first-order valence-electron chi connectivity index (χ1n) is 8.61. The van der Waals surface area contributed by atoms with Crippen molar-refractivity contribution in [3.63, 3.8) is 0 Å². The number of benzene rings is 1. The van der Waals surface area contributed by atoms with Crippen molar-refractivity contribution in [1.29, 1.82) is 0 Å². The zero-order valence-corrected chi connectivity index (χ0v) is 15.8. The van der Waals surface area contributed by atoms with Crippen LogP contribution in [0.2, 0.25) is 0 Å². The van der Waals surface area contributed by atoms with Crippen molar-refractivity contribution < 1.29 is 4.79 Å². The lowest BCUT2D eigenvalue weighted by Crippen LogP contribution is -2.29. The number of hydrogen-bond acceptors (Lipinski definition) is 3. The highest BCUT2D eigenvalue weighted by Gasteiger charge is 2.20. The number of carbonyl (C=O) groups excluding carboxylic acids is 1. The summed E-state index contributed by atoms with van der Waals surface area (Å²) in [5.74, 6) is 0.855. The van der Waals surface area contributed by atoms with E-state index in [9.17, 15) is 4.79 Å². The normalized spacial score (nSPS) is 17.0. The summed E-state index contributed by atoms with van der Waals surface area (Å²) in [7, 11) is 0. The van der Waals surface area contributed by atoms with Crippen LogP contribution < -0.4 is 10.6 Å². The summed E-state index contributed by atoms with van der Waals surface area (Å²) in [6.45, 7) is 5.04. The Morgan fingerprint density at radius 2 is 1.75 bits per heavy atom. The third-order valence-electron chi connectivity index (χ3n) is 4.57. The van der Waals surface area contributed by atoms with Gasteiger partial charge < -0.3 is 15.5 Å². The second-order valence-corrected chi connectivity index (χ2v) is 6.62. The van der Waals surface area contributed by atoms with Gasteiger partial charge in [0.2, 0.25) is 5.91 Å². The molecule has 1 aromatic rings. The van der Waals surface area contributed by atoms with Gasteiger partial charge >= 0.3 is 0 Å². The van der Waals surface area contributed by atoms with E-state index in [0.29, 0.717) is 6.54 Å². The molecule has 0 aromatic heterocycles. The van der Waals surface area contributed by atoms with Crippen molar-refractivity contribution in [2.45, 2.75) is 32.1 Å². The molecule has 1 aromatic carbocycles. The molecule has 1 saturated carbocycles. The number of anilines is 1. The molecule has 0 radical (unpaired) electrons. The molecule has 136 valence electrons. The Bertz CT molecular complexity index is 486. The van der Waals surface area contributed by atoms with Crippen molar-refractivity contribution in [2.24, 2.45) is 5.92 Å². The largest absolute Gasteiger partial charge is 0.325 e. The highest BCUT2D eigenvalue weighted by Crippen LogP contribution is 2.27. The van der Waals surface area contributed by atoms with E-state index in [4.69, 9.17) is 0 Å². The summed E-state index contributed by atoms with van der Waals surface area (Å²) in [5, 5.41) is 6.16. The number of rotatable bonds is 8. The highest BCUT2D eigenvalue weighted by atomic mass is 35.5. The van der Waals surface area contributed by atoms with Crippen LogP contribution in [0.1, 0.15) is 31.2 Å². The number of amides is 1. The molecule has 1 amide bonds. The molecule has 1 aliphatic heterocycles. The zero-order chi connectivity index (χ0) is 15.2. The minimum atomic E-state index is 0. The van der Waals surface area contributed by atoms with Crippen molar-refractivity contribution in [3.8, 4) is 0 Å². The van der Waals surface area contributed by atoms with Crippen LogP contribution in [0.3, 0.4) is 0 Å². The van der Waals surface area contributed by atoms with Crippen molar-refractivity contribution in [1.82, 2.24) is 10.2 Å². The quantitative estimate of drug-likeness (QED) is 0.735. The number of nitrogens with zero attached hydrogens (tertiary/aromatic N) is 1. The van der Waals surface area contributed by atoms with E-state index in [-0.39, 0.29) is 30.7 Å². The Hall–Kier alpha value is -0.810. The maximum Gasteiger partial charge on any atom is 0.238 e. The van der Waals surface area contributed by atoms with Gasteiger partial charge in [-0.2, -0.15) is 0 Å². The second-order valence-electron chi connectivity index (χ2n) is 6.62. The monoisotopic (exact) mass is 373 g/mol. The van der Waals surface area contributed by atoms with Crippen LogP contribution >= 0.6 is 24.8 Å². The van der Waals surface area contributed by atoms with Gasteiger partial charge in [-0.05, 0) is 75.4 Å². The molecule has 6 heteroatoms. The molecular weight excluding hydrogens is 345 g/mol. The molecule has 0 spiro atoms. The zero-order valence-electron chi connectivity index (χ0n) is 14.1. The number of carbonyl (C=O) groups is 1. The molecule has 1 heterocycles. The molecule has 1 saturated heterocycles. The van der Waals surface area contributed by atoms with Gasteiger partial charge in [0.15, 0.2) is 0 Å². The van der Waals surface area contributed by atoms with E-state index in [1.807, 2.05) is 12.1 Å². The van der Waals surface area contributed by atoms with Gasteiger partial charge in [0.25, 0.3) is 0 Å². The third kappa shape index (κ3) is 7.39. The average molecular weight is 374 g/mol. The molecule has 0 bridgehead atoms. The topological polar surface area (TPSA) is 44.4 Å². The fourth-order valence-corrected chi connectivity index (χ4v) is 2.97. The van der Waals surface area contributed by atoms with Crippen molar-refractivity contribution >= 4 is 36.4 Å². The van der Waals surface area contributed by atoms with Gasteiger partial charge in [0.05, 0.1) is 6.54 Å². The molecule has 2 N–H and O–H groups in total. The lowest BCUT2D eigenvalue weighted by Gasteiger charge is -2.14. The van der Waals surface area contributed by atoms with Crippen LogP contribution in [0.15, 0.2) is 24.3 Å². The minimum Gasteiger partial charge on any atom is -0.325 e. The SMILES string of the molecule is Cl.Cl.O=C(CNCC1CC1)Nc1ccc(CCN2CCCC2)cc1. The fraction of sp³-hybridized carbons (Fsp3) is 0.611. The first-order chi connectivity index (χ1) is 10.8. The lowest BCUT2D eigenvalue weighted by molar-refractivity contribution is -0.115. The van der Waals surface area contributed by atoms with Gasteiger partial charge in [0.1, 0.15) is 0 Å². The predicted molar refractivity (Wildman–Crippen MR) is 105 cm³/mol. The maximum absolute atomic E-state index is 11.8. The summed E-state index contributed by atoms with van der Waals surface area (Å²) >= 11 is 0. The molecule has 4 nitrogen and oxygen atoms in total. The van der Waals surface area contributed by atoms with E-state index < -0.39 is 0 Å². The van der Waals surface area contributed by atoms with Gasteiger partial charge in [-0.15, -0.1) is 24.8 Å². The molecule has 0 unspecified atom stereocenters. The summed E-state index contributed by atoms with van der Waals surface area (Å²) < 4.78 is 0. The standard InChI is InChI=1S/C18H27N3O.2ClH/c22-18(14-19-13-16-3-4-16)20-17-7-5-15(6-8-17)9-12-21-10-1-2-11-21;;/h5-8,16,19H,1-4,9-14H2,(H,20,22);2*1H. The van der Waals surface area contributed by atoms with Gasteiger partial charge in [-0.25, -0.2) is 0 Å². The molecule has 2 fully saturated rings. The molecule has 3 rings (SSSR count). The first kappa shape index (κ1) is 21.2. The maximum atomic E-state index is 11.8. The van der Waals surface area contributed by atoms with E-state index in [2.05, 4.69) is 27.7 Å². The minimum absolute atomic E-state index is 0. The van der Waals surface area contributed by atoms with E-state index in [1.165, 1.54) is 44.3 Å². The number of halogens is 2. The van der Waals surface area contributed by atoms with Crippen LogP contribution in [-0.4, -0.2) is 43.5 Å². The summed E-state index contributed by atoms with van der Waals surface area (Å²) in [5.41, 5.74) is 2.24. The molecule has 2 aliphatic rings. The Labute approximate surface area is 157 Å². The van der Waals surface area contributed by atoms with Crippen LogP contribution in [0.4, 0.5) is 5.69 Å². The average Bonchev–Trinajstić information content (AvgIpc) is 3.20. The van der Waals surface area contributed by atoms with Gasteiger partial charge in [-0.1, -0.05) is 12.1 Å². The Balaban J connectivity index is 0.00000144. The number of nitrogens with one attached hydrogen (secondary N) is 2. The second kappa shape index (κ2) is 10.9. The van der Waals surface area contributed by atoms with Crippen LogP contribution in [0.25, 0.3) is 0 Å². The third-order valence-corrected chi connectivity index (χ3v) is 4.57. The van der Waals surface area contributed by atoms with Crippen LogP contribution in [-0.2, 0) is 11.2 Å². The molecule has 1 aliphatic carbocycles. The molecule has 24 heavy (non-hydrogen) atoms. The van der Waals surface area contributed by atoms with E-state index in [0.717, 1.165) is 31.1 Å². The van der Waals surface area contributed by atoms with Crippen LogP contribution in [0, 0.1) is 5.92 Å². The van der Waals surface area contributed by atoms with E-state index in [1.54, 1.807) is 0 Å². The Kier molecular flexibility index (Phi) is 9.67. The van der Waals surface area contributed by atoms with Crippen molar-refractivity contribution in [3.05, 3.63) is 29.8 Å². The molecular formula is C18H29Cl2N3O. The smallest absolute Gasteiger partial charge is 0.238 e. The predicted octanol–water partition coefficient (Wildman–Crippen LogP) is 3.11. The lowest BCUT2D eigenvalue weighted by atomic mass is 10.1. The Morgan fingerprint density at radius 1 is 1.08 bits per heavy atom. The number of likely N-dealkylation sites (tertiary alicyclic amines) is 1. The highest BCUT2D eigenvalue weighted by molar-refractivity contribution is 5.92. The van der Waals surface area contributed by atoms with Gasteiger partial charge in [0, 0.05) is 12.2 Å². The summed E-state index contributed by atoms with van der Waals surface area (Å²) in [4.78, 5) is 14.3. The first-order valence-corrected chi connectivity index (χ1v) is 8.61. The van der Waals surface area contributed by atoms with Gasteiger partial charge in [-0.3, -0.25) is 4.79 Å². The molecule has 0 atom stereocenters. The summed E-state index contributed by atoms with van der Waals surface area (Å²) in [6.07, 6.45) is 6.41. The number of hydrogen-bond donors (Lipinski definition) is 2. The van der Waals surface area contributed by atoms with Crippen LogP contribution in [0.5, 0.6) is 0 Å². The summed E-state index contributed by atoms with van der Waals surface area (Å²) in [6, 6.07) is 8.28. The van der Waals surface area contributed by atoms with E-state index >= 15 is 0 Å². The Morgan fingerprint density at radius 3 is 2.38 bits per heavy atom.